The number of ether oxygens (including phenoxy) is 1. The summed E-state index contributed by atoms with van der Waals surface area (Å²) in [5, 5.41) is 14.1. The van der Waals surface area contributed by atoms with Crippen LogP contribution in [0.3, 0.4) is 0 Å². The summed E-state index contributed by atoms with van der Waals surface area (Å²) in [6, 6.07) is -0.0752. The Morgan fingerprint density at radius 3 is 3.08 bits per heavy atom. The van der Waals surface area contributed by atoms with Crippen LogP contribution in [0.15, 0.2) is 0 Å². The summed E-state index contributed by atoms with van der Waals surface area (Å²) >= 11 is 0. The largest absolute Gasteiger partial charge is 0.465 e. The maximum absolute atomic E-state index is 10.3. The van der Waals surface area contributed by atoms with Crippen LogP contribution < -0.4 is 10.6 Å². The Labute approximate surface area is 71.1 Å². The lowest BCUT2D eigenvalue weighted by atomic mass is 10.0. The number of methoxy groups -OCH3 is 1. The van der Waals surface area contributed by atoms with Crippen LogP contribution in [-0.4, -0.2) is 43.5 Å². The summed E-state index contributed by atoms with van der Waals surface area (Å²) in [6.07, 6.45) is -0.246. The fourth-order valence-electron chi connectivity index (χ4n) is 1.40. The van der Waals surface area contributed by atoms with E-state index in [1.165, 1.54) is 0 Å². The number of rotatable bonds is 2. The molecule has 0 aliphatic carbocycles. The Morgan fingerprint density at radius 1 is 1.75 bits per heavy atom. The highest BCUT2D eigenvalue weighted by Crippen LogP contribution is 2.06. The van der Waals surface area contributed by atoms with Gasteiger partial charge in [-0.05, 0) is 13.0 Å². The molecule has 0 spiro atoms. The average Bonchev–Trinajstić information content (AvgIpc) is 2.04. The molecule has 1 saturated heterocycles. The molecule has 0 aromatic heterocycles. The van der Waals surface area contributed by atoms with Crippen LogP contribution in [0.4, 0.5) is 4.79 Å². The third-order valence-electron chi connectivity index (χ3n) is 2.04. The molecule has 1 heterocycles. The van der Waals surface area contributed by atoms with Gasteiger partial charge >= 0.3 is 6.09 Å². The van der Waals surface area contributed by atoms with Gasteiger partial charge in [0, 0.05) is 13.7 Å². The molecule has 1 amide bonds. The van der Waals surface area contributed by atoms with Crippen LogP contribution in [-0.2, 0) is 4.74 Å². The molecule has 5 heteroatoms. The van der Waals surface area contributed by atoms with Gasteiger partial charge in [-0.25, -0.2) is 4.79 Å². The molecule has 2 atom stereocenters. The second-order valence-electron chi connectivity index (χ2n) is 2.82. The van der Waals surface area contributed by atoms with Gasteiger partial charge in [0.05, 0.1) is 12.1 Å². The van der Waals surface area contributed by atoms with Crippen LogP contribution in [0.2, 0.25) is 0 Å². The maximum Gasteiger partial charge on any atom is 0.404 e. The quantitative estimate of drug-likeness (QED) is 0.534. The van der Waals surface area contributed by atoms with Crippen molar-refractivity contribution < 1.29 is 14.6 Å². The van der Waals surface area contributed by atoms with Crippen molar-refractivity contribution in [2.45, 2.75) is 18.6 Å². The standard InChI is InChI=1S/C7H14N2O3/c1-12-6-4-8-3-2-5(6)9-7(10)11/h5-6,8-9H,2-4H2,1H3,(H,10,11)/t5-,6-/m0/s1. The summed E-state index contributed by atoms with van der Waals surface area (Å²) < 4.78 is 5.12. The van der Waals surface area contributed by atoms with Gasteiger partial charge in [0.25, 0.3) is 0 Å². The Morgan fingerprint density at radius 2 is 2.50 bits per heavy atom. The molecule has 1 aliphatic heterocycles. The molecule has 0 saturated carbocycles. The van der Waals surface area contributed by atoms with Gasteiger partial charge in [-0.1, -0.05) is 0 Å². The third-order valence-corrected chi connectivity index (χ3v) is 2.04. The smallest absolute Gasteiger partial charge is 0.404 e. The van der Waals surface area contributed by atoms with Crippen molar-refractivity contribution in [2.75, 3.05) is 20.2 Å². The topological polar surface area (TPSA) is 70.6 Å². The number of hydrogen-bond donors (Lipinski definition) is 3. The van der Waals surface area contributed by atoms with Crippen molar-refractivity contribution in [3.63, 3.8) is 0 Å². The molecular formula is C7H14N2O3. The minimum Gasteiger partial charge on any atom is -0.465 e. The fraction of sp³-hybridized carbons (Fsp3) is 0.857. The molecule has 70 valence electrons. The van der Waals surface area contributed by atoms with E-state index in [0.29, 0.717) is 6.54 Å². The van der Waals surface area contributed by atoms with E-state index in [1.807, 2.05) is 0 Å². The average molecular weight is 174 g/mol. The highest BCUT2D eigenvalue weighted by Gasteiger charge is 2.25. The van der Waals surface area contributed by atoms with Gasteiger partial charge in [0.2, 0.25) is 0 Å². The SMILES string of the molecule is CO[C@H]1CNCC[C@@H]1NC(=O)O. The summed E-state index contributed by atoms with van der Waals surface area (Å²) in [6.45, 7) is 1.55. The van der Waals surface area contributed by atoms with Crippen LogP contribution in [0.5, 0.6) is 0 Å². The predicted octanol–water partition coefficient (Wildman–Crippen LogP) is -0.369. The zero-order valence-electron chi connectivity index (χ0n) is 7.04. The van der Waals surface area contributed by atoms with E-state index in [0.717, 1.165) is 13.0 Å². The summed E-state index contributed by atoms with van der Waals surface area (Å²) in [5.74, 6) is 0. The maximum atomic E-state index is 10.3. The van der Waals surface area contributed by atoms with Gasteiger partial charge in [0.1, 0.15) is 0 Å². The summed E-state index contributed by atoms with van der Waals surface area (Å²) in [7, 11) is 1.59. The molecule has 0 radical (unpaired) electrons. The van der Waals surface area contributed by atoms with E-state index < -0.39 is 6.09 Å². The normalized spacial score (nSPS) is 29.8. The highest BCUT2D eigenvalue weighted by molar-refractivity contribution is 5.64. The molecule has 0 aromatic rings. The van der Waals surface area contributed by atoms with E-state index in [9.17, 15) is 4.79 Å². The Bertz CT molecular complexity index is 163. The molecule has 1 fully saturated rings. The summed E-state index contributed by atoms with van der Waals surface area (Å²) in [4.78, 5) is 10.3. The number of nitrogens with one attached hydrogen (secondary N) is 2. The lowest BCUT2D eigenvalue weighted by Gasteiger charge is -2.30. The summed E-state index contributed by atoms with van der Waals surface area (Å²) in [5.41, 5.74) is 0. The monoisotopic (exact) mass is 174 g/mol. The molecular weight excluding hydrogens is 160 g/mol. The van der Waals surface area contributed by atoms with Crippen molar-refractivity contribution >= 4 is 6.09 Å². The van der Waals surface area contributed by atoms with E-state index in [1.54, 1.807) is 7.11 Å². The number of hydrogen-bond acceptors (Lipinski definition) is 3. The molecule has 5 nitrogen and oxygen atoms in total. The van der Waals surface area contributed by atoms with Gasteiger partial charge in [-0.15, -0.1) is 0 Å². The first-order valence-corrected chi connectivity index (χ1v) is 3.97. The van der Waals surface area contributed by atoms with Gasteiger partial charge in [-0.2, -0.15) is 0 Å². The zero-order valence-corrected chi connectivity index (χ0v) is 7.04. The zero-order chi connectivity index (χ0) is 8.97. The minimum absolute atomic E-state index is 0.0464. The van der Waals surface area contributed by atoms with Gasteiger partial charge < -0.3 is 20.5 Å². The molecule has 1 rings (SSSR count). The van der Waals surface area contributed by atoms with Crippen LogP contribution in [0, 0.1) is 0 Å². The van der Waals surface area contributed by atoms with Gasteiger partial charge in [-0.3, -0.25) is 0 Å². The minimum atomic E-state index is -0.982. The first-order chi connectivity index (χ1) is 5.74. The number of piperidine rings is 1. The van der Waals surface area contributed by atoms with E-state index in [4.69, 9.17) is 9.84 Å². The molecule has 0 aromatic carbocycles. The fourth-order valence-corrected chi connectivity index (χ4v) is 1.40. The number of carbonyl (C=O) groups is 1. The number of amides is 1. The highest BCUT2D eigenvalue weighted by atomic mass is 16.5. The predicted molar refractivity (Wildman–Crippen MR) is 43.2 cm³/mol. The number of carboxylic acid groups (broad SMARTS) is 1. The lowest BCUT2D eigenvalue weighted by Crippen LogP contribution is -2.53. The second-order valence-corrected chi connectivity index (χ2v) is 2.82. The van der Waals surface area contributed by atoms with Crippen molar-refractivity contribution in [1.82, 2.24) is 10.6 Å². The van der Waals surface area contributed by atoms with Crippen molar-refractivity contribution in [2.24, 2.45) is 0 Å². The van der Waals surface area contributed by atoms with E-state index in [2.05, 4.69) is 10.6 Å². The molecule has 0 bridgehead atoms. The first-order valence-electron chi connectivity index (χ1n) is 3.97. The lowest BCUT2D eigenvalue weighted by molar-refractivity contribution is 0.0517. The van der Waals surface area contributed by atoms with Crippen molar-refractivity contribution in [3.05, 3.63) is 0 Å². The molecule has 0 unspecified atom stereocenters. The molecule has 12 heavy (non-hydrogen) atoms. The third kappa shape index (κ3) is 2.35. The van der Waals surface area contributed by atoms with Crippen LogP contribution in [0.1, 0.15) is 6.42 Å². The first kappa shape index (κ1) is 9.28. The van der Waals surface area contributed by atoms with Crippen LogP contribution >= 0.6 is 0 Å². The molecule has 3 N–H and O–H groups in total. The van der Waals surface area contributed by atoms with Crippen molar-refractivity contribution in [1.29, 1.82) is 0 Å². The Hall–Kier alpha value is -0.810. The van der Waals surface area contributed by atoms with Crippen LogP contribution in [0.25, 0.3) is 0 Å². The van der Waals surface area contributed by atoms with Crippen molar-refractivity contribution in [3.8, 4) is 0 Å². The molecule has 1 aliphatic rings. The Kier molecular flexibility index (Phi) is 3.31. The van der Waals surface area contributed by atoms with Gasteiger partial charge in [0.15, 0.2) is 0 Å². The van der Waals surface area contributed by atoms with E-state index >= 15 is 0 Å². The second kappa shape index (κ2) is 4.27. The Balaban J connectivity index is 2.41. The van der Waals surface area contributed by atoms with E-state index in [-0.39, 0.29) is 12.1 Å².